The molecule has 0 aliphatic heterocycles. The van der Waals surface area contributed by atoms with Crippen LogP contribution in [0.4, 0.5) is 0 Å². The summed E-state index contributed by atoms with van der Waals surface area (Å²) in [5, 5.41) is 3.68. The lowest BCUT2D eigenvalue weighted by molar-refractivity contribution is -0.121. The largest absolute Gasteiger partial charge is 0.354 e. The molecule has 1 atom stereocenters. The van der Waals surface area contributed by atoms with Gasteiger partial charge in [-0.25, -0.2) is 4.98 Å². The van der Waals surface area contributed by atoms with Gasteiger partial charge in [-0.05, 0) is 44.2 Å². The van der Waals surface area contributed by atoms with Gasteiger partial charge in [-0.3, -0.25) is 14.2 Å². The molecule has 0 aliphatic rings. The lowest BCUT2D eigenvalue weighted by atomic mass is 10.0. The zero-order valence-electron chi connectivity index (χ0n) is 16.4. The molecule has 1 amide bonds. The zero-order valence-corrected chi connectivity index (χ0v) is 16.4. The minimum Gasteiger partial charge on any atom is -0.354 e. The Morgan fingerprint density at radius 2 is 1.96 bits per heavy atom. The molecule has 1 heterocycles. The van der Waals surface area contributed by atoms with Crippen LogP contribution in [0.15, 0.2) is 29.3 Å². The van der Waals surface area contributed by atoms with Crippen LogP contribution in [-0.2, 0) is 11.3 Å². The van der Waals surface area contributed by atoms with E-state index in [9.17, 15) is 9.59 Å². The molecule has 0 saturated heterocycles. The molecule has 1 aromatic carbocycles. The Kier molecular flexibility index (Phi) is 7.37. The molecule has 0 aliphatic carbocycles. The molecule has 1 unspecified atom stereocenters. The van der Waals surface area contributed by atoms with Crippen LogP contribution in [0.2, 0.25) is 0 Å². The van der Waals surface area contributed by atoms with E-state index in [0.29, 0.717) is 30.7 Å². The summed E-state index contributed by atoms with van der Waals surface area (Å²) >= 11 is 0. The maximum absolute atomic E-state index is 12.5. The first kappa shape index (κ1) is 20.1. The molecule has 26 heavy (non-hydrogen) atoms. The second-order valence-corrected chi connectivity index (χ2v) is 7.61. The van der Waals surface area contributed by atoms with Crippen LogP contribution >= 0.6 is 0 Å². The smallest absolute Gasteiger partial charge is 0.261 e. The Morgan fingerprint density at radius 3 is 2.69 bits per heavy atom. The predicted molar refractivity (Wildman–Crippen MR) is 106 cm³/mol. The summed E-state index contributed by atoms with van der Waals surface area (Å²) in [6.07, 6.45) is 5.98. The Hall–Kier alpha value is -2.17. The van der Waals surface area contributed by atoms with E-state index in [1.54, 1.807) is 17.0 Å². The summed E-state index contributed by atoms with van der Waals surface area (Å²) in [5.74, 6) is 0.759. The second kappa shape index (κ2) is 9.51. The monoisotopic (exact) mass is 357 g/mol. The molecule has 2 rings (SSSR count). The molecule has 1 aromatic heterocycles. The van der Waals surface area contributed by atoms with E-state index in [4.69, 9.17) is 0 Å². The standard InChI is InChI=1S/C21H31N3O2/c1-15(2)8-5-10-17(4)23-19(25)12-7-13-24-14-22-20-16(3)9-6-11-18(20)21(24)26/h6,9,11,14-15,17H,5,7-8,10,12-13H2,1-4H3,(H,23,25). The van der Waals surface area contributed by atoms with Crippen LogP contribution in [0.3, 0.4) is 0 Å². The SMILES string of the molecule is Cc1cccc2c(=O)n(CCCC(=O)NC(C)CCCC(C)C)cnc12. The molecule has 0 spiro atoms. The van der Waals surface area contributed by atoms with E-state index in [-0.39, 0.29) is 17.5 Å². The van der Waals surface area contributed by atoms with E-state index in [2.05, 4.69) is 31.1 Å². The number of benzene rings is 1. The van der Waals surface area contributed by atoms with E-state index in [0.717, 1.165) is 23.9 Å². The van der Waals surface area contributed by atoms with Gasteiger partial charge < -0.3 is 5.32 Å². The lowest BCUT2D eigenvalue weighted by Gasteiger charge is -2.14. The first-order chi connectivity index (χ1) is 12.4. The third-order valence-electron chi connectivity index (χ3n) is 4.68. The van der Waals surface area contributed by atoms with Crippen LogP contribution < -0.4 is 10.9 Å². The van der Waals surface area contributed by atoms with E-state index < -0.39 is 0 Å². The molecule has 142 valence electrons. The second-order valence-electron chi connectivity index (χ2n) is 7.61. The van der Waals surface area contributed by atoms with Crippen molar-refractivity contribution in [3.63, 3.8) is 0 Å². The van der Waals surface area contributed by atoms with Crippen molar-refractivity contribution in [2.45, 2.75) is 72.4 Å². The van der Waals surface area contributed by atoms with Gasteiger partial charge in [0.2, 0.25) is 5.91 Å². The molecular formula is C21H31N3O2. The normalized spacial score (nSPS) is 12.5. The lowest BCUT2D eigenvalue weighted by Crippen LogP contribution is -2.32. The highest BCUT2D eigenvalue weighted by molar-refractivity contribution is 5.80. The van der Waals surface area contributed by atoms with Gasteiger partial charge in [0.15, 0.2) is 0 Å². The number of aryl methyl sites for hydroxylation is 2. The van der Waals surface area contributed by atoms with Crippen molar-refractivity contribution >= 4 is 16.8 Å². The van der Waals surface area contributed by atoms with Crippen molar-refractivity contribution in [2.24, 2.45) is 5.92 Å². The summed E-state index contributed by atoms with van der Waals surface area (Å²) in [7, 11) is 0. The third-order valence-corrected chi connectivity index (χ3v) is 4.68. The van der Waals surface area contributed by atoms with E-state index in [1.165, 1.54) is 6.42 Å². The highest BCUT2D eigenvalue weighted by Gasteiger charge is 2.09. The average molecular weight is 357 g/mol. The number of nitrogens with zero attached hydrogens (tertiary/aromatic N) is 2. The predicted octanol–water partition coefficient (Wildman–Crippen LogP) is 3.82. The molecule has 2 aromatic rings. The first-order valence-corrected chi connectivity index (χ1v) is 9.62. The maximum Gasteiger partial charge on any atom is 0.261 e. The van der Waals surface area contributed by atoms with Gasteiger partial charge in [-0.1, -0.05) is 38.8 Å². The molecule has 1 N–H and O–H groups in total. The van der Waals surface area contributed by atoms with Gasteiger partial charge in [0.05, 0.1) is 17.2 Å². The average Bonchev–Trinajstić information content (AvgIpc) is 2.57. The topological polar surface area (TPSA) is 64.0 Å². The summed E-state index contributed by atoms with van der Waals surface area (Å²) < 4.78 is 1.60. The van der Waals surface area contributed by atoms with Gasteiger partial charge in [-0.15, -0.1) is 0 Å². The van der Waals surface area contributed by atoms with Crippen molar-refractivity contribution in [1.29, 1.82) is 0 Å². The number of hydrogen-bond acceptors (Lipinski definition) is 3. The number of carbonyl (C=O) groups is 1. The van der Waals surface area contributed by atoms with Crippen molar-refractivity contribution in [3.8, 4) is 0 Å². The van der Waals surface area contributed by atoms with Gasteiger partial charge in [-0.2, -0.15) is 0 Å². The number of fused-ring (bicyclic) bond motifs is 1. The third kappa shape index (κ3) is 5.68. The minimum atomic E-state index is -0.0406. The summed E-state index contributed by atoms with van der Waals surface area (Å²) in [4.78, 5) is 29.0. The Balaban J connectivity index is 1.82. The Bertz CT molecular complexity index is 795. The number of carbonyl (C=O) groups excluding carboxylic acids is 1. The number of aromatic nitrogens is 2. The van der Waals surface area contributed by atoms with Crippen LogP contribution in [0.25, 0.3) is 10.9 Å². The summed E-state index contributed by atoms with van der Waals surface area (Å²) in [5.41, 5.74) is 1.71. The van der Waals surface area contributed by atoms with E-state index >= 15 is 0 Å². The van der Waals surface area contributed by atoms with Gasteiger partial charge >= 0.3 is 0 Å². The van der Waals surface area contributed by atoms with Crippen LogP contribution in [0.5, 0.6) is 0 Å². The Labute approximate surface area is 155 Å². The fourth-order valence-corrected chi connectivity index (χ4v) is 3.16. The number of amides is 1. The van der Waals surface area contributed by atoms with Crippen LogP contribution in [-0.4, -0.2) is 21.5 Å². The van der Waals surface area contributed by atoms with Gasteiger partial charge in [0.25, 0.3) is 5.56 Å². The molecule has 0 saturated carbocycles. The minimum absolute atomic E-state index is 0.0406. The number of para-hydroxylation sites is 1. The maximum atomic E-state index is 12.5. The van der Waals surface area contributed by atoms with Crippen molar-refractivity contribution < 1.29 is 4.79 Å². The quantitative estimate of drug-likeness (QED) is 0.742. The molecule has 0 fully saturated rings. The number of nitrogens with one attached hydrogen (secondary N) is 1. The van der Waals surface area contributed by atoms with Crippen molar-refractivity contribution in [2.75, 3.05) is 0 Å². The Morgan fingerprint density at radius 1 is 1.19 bits per heavy atom. The molecule has 5 heteroatoms. The molecule has 0 bridgehead atoms. The zero-order chi connectivity index (χ0) is 19.1. The van der Waals surface area contributed by atoms with Gasteiger partial charge in [0.1, 0.15) is 0 Å². The number of rotatable bonds is 9. The molecule has 5 nitrogen and oxygen atoms in total. The fourth-order valence-electron chi connectivity index (χ4n) is 3.16. The summed E-state index contributed by atoms with van der Waals surface area (Å²) in [6.45, 7) is 8.94. The number of hydrogen-bond donors (Lipinski definition) is 1. The van der Waals surface area contributed by atoms with E-state index in [1.807, 2.05) is 19.1 Å². The molecular weight excluding hydrogens is 326 g/mol. The van der Waals surface area contributed by atoms with Gasteiger partial charge in [0, 0.05) is 19.0 Å². The summed E-state index contributed by atoms with van der Waals surface area (Å²) in [6, 6.07) is 5.83. The highest BCUT2D eigenvalue weighted by Crippen LogP contribution is 2.11. The fraction of sp³-hybridized carbons (Fsp3) is 0.571. The molecule has 0 radical (unpaired) electrons. The van der Waals surface area contributed by atoms with Crippen molar-refractivity contribution in [3.05, 3.63) is 40.4 Å². The van der Waals surface area contributed by atoms with Crippen LogP contribution in [0.1, 0.15) is 58.4 Å². The highest BCUT2D eigenvalue weighted by atomic mass is 16.1. The van der Waals surface area contributed by atoms with Crippen LogP contribution in [0, 0.1) is 12.8 Å². The van der Waals surface area contributed by atoms with Crippen molar-refractivity contribution in [1.82, 2.24) is 14.9 Å². The first-order valence-electron chi connectivity index (χ1n) is 9.62.